The Morgan fingerprint density at radius 3 is 2.50 bits per heavy atom. The summed E-state index contributed by atoms with van der Waals surface area (Å²) >= 11 is 0. The molecule has 0 radical (unpaired) electrons. The van der Waals surface area contributed by atoms with Crippen molar-refractivity contribution in [1.82, 2.24) is 0 Å². The number of aliphatic hydroxyl groups is 1. The average molecular weight is 276 g/mol. The van der Waals surface area contributed by atoms with E-state index in [9.17, 15) is 9.50 Å². The van der Waals surface area contributed by atoms with Crippen LogP contribution in [0, 0.1) is 12.7 Å². The van der Waals surface area contributed by atoms with Crippen molar-refractivity contribution in [2.45, 2.75) is 13.0 Å². The standard InChI is InChI=1S/C16H17FO3/c1-11-3-8-16(19-2)14(9-11)15(18)10-20-13-6-4-12(17)5-7-13/h3-9,15,18H,10H2,1-2H3. The van der Waals surface area contributed by atoms with Gasteiger partial charge in [-0.25, -0.2) is 4.39 Å². The molecule has 2 rings (SSSR count). The second-order valence-electron chi connectivity index (χ2n) is 4.53. The van der Waals surface area contributed by atoms with Gasteiger partial charge in [-0.1, -0.05) is 11.6 Å². The minimum absolute atomic E-state index is 0.0748. The summed E-state index contributed by atoms with van der Waals surface area (Å²) in [5.41, 5.74) is 1.70. The summed E-state index contributed by atoms with van der Waals surface area (Å²) in [5, 5.41) is 10.2. The van der Waals surface area contributed by atoms with Crippen molar-refractivity contribution in [2.75, 3.05) is 13.7 Å². The lowest BCUT2D eigenvalue weighted by Crippen LogP contribution is -2.11. The molecule has 0 aliphatic rings. The van der Waals surface area contributed by atoms with Crippen LogP contribution in [0.2, 0.25) is 0 Å². The summed E-state index contributed by atoms with van der Waals surface area (Å²) in [6, 6.07) is 11.3. The lowest BCUT2D eigenvalue weighted by molar-refractivity contribution is 0.105. The first kappa shape index (κ1) is 14.3. The van der Waals surface area contributed by atoms with Crippen molar-refractivity contribution in [2.24, 2.45) is 0 Å². The molecule has 1 unspecified atom stereocenters. The van der Waals surface area contributed by atoms with E-state index in [0.717, 1.165) is 5.56 Å². The number of hydrogen-bond acceptors (Lipinski definition) is 3. The van der Waals surface area contributed by atoms with Crippen LogP contribution in [0.4, 0.5) is 4.39 Å². The molecule has 0 heterocycles. The van der Waals surface area contributed by atoms with Crippen LogP contribution in [0.15, 0.2) is 42.5 Å². The first-order valence-electron chi connectivity index (χ1n) is 6.31. The van der Waals surface area contributed by atoms with Crippen LogP contribution in [-0.4, -0.2) is 18.8 Å². The van der Waals surface area contributed by atoms with Crippen molar-refractivity contribution in [3.8, 4) is 11.5 Å². The van der Waals surface area contributed by atoms with Gasteiger partial charge >= 0.3 is 0 Å². The maximum atomic E-state index is 12.8. The van der Waals surface area contributed by atoms with Gasteiger partial charge < -0.3 is 14.6 Å². The van der Waals surface area contributed by atoms with Crippen molar-refractivity contribution in [3.05, 3.63) is 59.4 Å². The highest BCUT2D eigenvalue weighted by Crippen LogP contribution is 2.27. The molecule has 0 aliphatic heterocycles. The second kappa shape index (κ2) is 6.39. The van der Waals surface area contributed by atoms with Gasteiger partial charge in [0.1, 0.15) is 30.0 Å². The van der Waals surface area contributed by atoms with E-state index in [1.165, 1.54) is 24.3 Å². The Hall–Kier alpha value is -2.07. The molecular formula is C16H17FO3. The van der Waals surface area contributed by atoms with Crippen LogP contribution in [0.5, 0.6) is 11.5 Å². The normalized spacial score (nSPS) is 12.0. The number of benzene rings is 2. The fourth-order valence-electron chi connectivity index (χ4n) is 1.91. The van der Waals surface area contributed by atoms with Crippen molar-refractivity contribution in [3.63, 3.8) is 0 Å². The Morgan fingerprint density at radius 1 is 1.15 bits per heavy atom. The van der Waals surface area contributed by atoms with Gasteiger partial charge in [0.25, 0.3) is 0 Å². The summed E-state index contributed by atoms with van der Waals surface area (Å²) in [4.78, 5) is 0. The highest BCUT2D eigenvalue weighted by molar-refractivity contribution is 5.38. The van der Waals surface area contributed by atoms with E-state index in [-0.39, 0.29) is 12.4 Å². The van der Waals surface area contributed by atoms with Gasteiger partial charge in [0.05, 0.1) is 7.11 Å². The van der Waals surface area contributed by atoms with E-state index >= 15 is 0 Å². The molecule has 0 saturated carbocycles. The molecule has 3 nitrogen and oxygen atoms in total. The van der Waals surface area contributed by atoms with Gasteiger partial charge in [-0.05, 0) is 43.3 Å². The summed E-state index contributed by atoms with van der Waals surface area (Å²) in [7, 11) is 1.56. The van der Waals surface area contributed by atoms with E-state index in [4.69, 9.17) is 9.47 Å². The molecular weight excluding hydrogens is 259 g/mol. The molecule has 0 aliphatic carbocycles. The highest BCUT2D eigenvalue weighted by atomic mass is 19.1. The van der Waals surface area contributed by atoms with E-state index in [1.54, 1.807) is 7.11 Å². The van der Waals surface area contributed by atoms with Crippen molar-refractivity contribution < 1.29 is 19.0 Å². The van der Waals surface area contributed by atoms with Gasteiger partial charge in [-0.3, -0.25) is 0 Å². The molecule has 0 bridgehead atoms. The quantitative estimate of drug-likeness (QED) is 0.911. The number of ether oxygens (including phenoxy) is 2. The first-order valence-corrected chi connectivity index (χ1v) is 6.31. The lowest BCUT2D eigenvalue weighted by Gasteiger charge is -2.16. The highest BCUT2D eigenvalue weighted by Gasteiger charge is 2.14. The van der Waals surface area contributed by atoms with E-state index in [2.05, 4.69) is 0 Å². The Kier molecular flexibility index (Phi) is 4.58. The van der Waals surface area contributed by atoms with Gasteiger partial charge in [-0.2, -0.15) is 0 Å². The van der Waals surface area contributed by atoms with Gasteiger partial charge in [0.2, 0.25) is 0 Å². The Balaban J connectivity index is 2.06. The lowest BCUT2D eigenvalue weighted by atomic mass is 10.1. The zero-order valence-electron chi connectivity index (χ0n) is 11.5. The fourth-order valence-corrected chi connectivity index (χ4v) is 1.91. The molecule has 2 aromatic rings. The molecule has 0 spiro atoms. The topological polar surface area (TPSA) is 38.7 Å². The summed E-state index contributed by atoms with van der Waals surface area (Å²) in [5.74, 6) is 0.807. The monoisotopic (exact) mass is 276 g/mol. The molecule has 4 heteroatoms. The number of methoxy groups -OCH3 is 1. The molecule has 0 amide bonds. The number of aryl methyl sites for hydroxylation is 1. The van der Waals surface area contributed by atoms with Crippen molar-refractivity contribution in [1.29, 1.82) is 0 Å². The zero-order chi connectivity index (χ0) is 14.5. The Bertz CT molecular complexity index is 566. The maximum absolute atomic E-state index is 12.8. The maximum Gasteiger partial charge on any atom is 0.124 e. The molecule has 20 heavy (non-hydrogen) atoms. The van der Waals surface area contributed by atoms with E-state index < -0.39 is 6.10 Å². The van der Waals surface area contributed by atoms with Crippen LogP contribution in [-0.2, 0) is 0 Å². The number of halogens is 1. The van der Waals surface area contributed by atoms with Crippen LogP contribution in [0.3, 0.4) is 0 Å². The minimum atomic E-state index is -0.810. The molecule has 106 valence electrons. The Morgan fingerprint density at radius 2 is 1.85 bits per heavy atom. The molecule has 2 aromatic carbocycles. The number of rotatable bonds is 5. The third-order valence-electron chi connectivity index (χ3n) is 2.97. The van der Waals surface area contributed by atoms with Crippen LogP contribution >= 0.6 is 0 Å². The predicted octanol–water partition coefficient (Wildman–Crippen LogP) is 3.26. The van der Waals surface area contributed by atoms with Crippen LogP contribution in [0.25, 0.3) is 0 Å². The Labute approximate surface area is 117 Å². The second-order valence-corrected chi connectivity index (χ2v) is 4.53. The molecule has 0 saturated heterocycles. The third-order valence-corrected chi connectivity index (χ3v) is 2.97. The largest absolute Gasteiger partial charge is 0.496 e. The van der Waals surface area contributed by atoms with Crippen LogP contribution in [0.1, 0.15) is 17.2 Å². The fraction of sp³-hybridized carbons (Fsp3) is 0.250. The van der Waals surface area contributed by atoms with Crippen LogP contribution < -0.4 is 9.47 Å². The third kappa shape index (κ3) is 3.48. The van der Waals surface area contributed by atoms with Gasteiger partial charge in [0.15, 0.2) is 0 Å². The van der Waals surface area contributed by atoms with Gasteiger partial charge in [0, 0.05) is 5.56 Å². The minimum Gasteiger partial charge on any atom is -0.496 e. The van der Waals surface area contributed by atoms with Gasteiger partial charge in [-0.15, -0.1) is 0 Å². The molecule has 0 fully saturated rings. The molecule has 1 N–H and O–H groups in total. The summed E-state index contributed by atoms with van der Waals surface area (Å²) in [6.45, 7) is 2.02. The SMILES string of the molecule is COc1ccc(C)cc1C(O)COc1ccc(F)cc1. The number of aliphatic hydroxyl groups excluding tert-OH is 1. The summed E-state index contributed by atoms with van der Waals surface area (Å²) < 4.78 is 23.4. The van der Waals surface area contributed by atoms with E-state index in [0.29, 0.717) is 17.1 Å². The molecule has 1 atom stereocenters. The first-order chi connectivity index (χ1) is 9.60. The summed E-state index contributed by atoms with van der Waals surface area (Å²) in [6.07, 6.45) is -0.810. The predicted molar refractivity (Wildman–Crippen MR) is 74.6 cm³/mol. The molecule has 0 aromatic heterocycles. The van der Waals surface area contributed by atoms with Crippen molar-refractivity contribution >= 4 is 0 Å². The number of hydrogen-bond donors (Lipinski definition) is 1. The smallest absolute Gasteiger partial charge is 0.124 e. The zero-order valence-corrected chi connectivity index (χ0v) is 11.5. The average Bonchev–Trinajstić information content (AvgIpc) is 2.46. The van der Waals surface area contributed by atoms with E-state index in [1.807, 2.05) is 25.1 Å².